The van der Waals surface area contributed by atoms with E-state index in [4.69, 9.17) is 4.98 Å². The molecule has 5 rings (SSSR count). The highest BCUT2D eigenvalue weighted by Crippen LogP contribution is 2.25. The Hall–Kier alpha value is -2.66. The summed E-state index contributed by atoms with van der Waals surface area (Å²) in [5.74, 6) is 0.836. The molecule has 1 saturated carbocycles. The number of rotatable bonds is 5. The van der Waals surface area contributed by atoms with Crippen molar-refractivity contribution in [1.29, 1.82) is 0 Å². The van der Waals surface area contributed by atoms with E-state index < -0.39 is 0 Å². The zero-order valence-corrected chi connectivity index (χ0v) is 18.2. The Labute approximate surface area is 184 Å². The summed E-state index contributed by atoms with van der Waals surface area (Å²) in [4.78, 5) is 23.4. The first-order chi connectivity index (χ1) is 15.3. The predicted octanol–water partition coefficient (Wildman–Crippen LogP) is 4.09. The van der Waals surface area contributed by atoms with Crippen LogP contribution in [0.15, 0.2) is 59.4 Å². The minimum absolute atomic E-state index is 0.0752. The Kier molecular flexibility index (Phi) is 6.03. The largest absolute Gasteiger partial charge is 0.340 e. The highest BCUT2D eigenvalue weighted by atomic mass is 16.1. The van der Waals surface area contributed by atoms with Crippen LogP contribution >= 0.6 is 0 Å². The Morgan fingerprint density at radius 2 is 1.55 bits per heavy atom. The number of benzene rings is 2. The molecule has 162 valence electrons. The molecule has 1 aromatic heterocycles. The summed E-state index contributed by atoms with van der Waals surface area (Å²) < 4.78 is 1.91. The fraction of sp³-hybridized carbons (Fsp3) is 0.462. The molecule has 0 amide bonds. The Balaban J connectivity index is 1.41. The van der Waals surface area contributed by atoms with Gasteiger partial charge >= 0.3 is 0 Å². The zero-order valence-electron chi connectivity index (χ0n) is 18.2. The van der Waals surface area contributed by atoms with E-state index in [1.54, 1.807) is 0 Å². The van der Waals surface area contributed by atoms with Gasteiger partial charge in [0.05, 0.1) is 10.9 Å². The van der Waals surface area contributed by atoms with E-state index in [9.17, 15) is 4.79 Å². The first-order valence-corrected chi connectivity index (χ1v) is 11.8. The van der Waals surface area contributed by atoms with Crippen molar-refractivity contribution in [3.63, 3.8) is 0 Å². The molecule has 5 nitrogen and oxygen atoms in total. The summed E-state index contributed by atoms with van der Waals surface area (Å²) >= 11 is 0. The molecule has 1 saturated heterocycles. The molecule has 1 aliphatic carbocycles. The molecule has 2 heterocycles. The third-order valence-corrected chi connectivity index (χ3v) is 7.00. The first kappa shape index (κ1) is 20.3. The van der Waals surface area contributed by atoms with E-state index in [0.717, 1.165) is 50.1 Å². The van der Waals surface area contributed by atoms with Crippen molar-refractivity contribution in [3.8, 4) is 0 Å². The maximum Gasteiger partial charge on any atom is 0.262 e. The van der Waals surface area contributed by atoms with E-state index in [-0.39, 0.29) is 5.56 Å². The van der Waals surface area contributed by atoms with E-state index in [0.29, 0.717) is 11.9 Å². The molecule has 0 atom stereocenters. The molecular weight excluding hydrogens is 384 g/mol. The van der Waals surface area contributed by atoms with Crippen LogP contribution in [0, 0.1) is 0 Å². The Morgan fingerprint density at radius 1 is 0.839 bits per heavy atom. The fourth-order valence-corrected chi connectivity index (χ4v) is 5.22. The van der Waals surface area contributed by atoms with E-state index in [2.05, 4.69) is 34.1 Å². The van der Waals surface area contributed by atoms with Crippen molar-refractivity contribution in [2.45, 2.75) is 51.1 Å². The van der Waals surface area contributed by atoms with Gasteiger partial charge in [0.1, 0.15) is 0 Å². The standard InChI is InChI=1S/C26H32N4O/c31-25-23-13-7-8-14-24(23)27-26(30(25)16-15-21-9-3-1-4-10-21)29-19-17-28(18-20-29)22-11-5-2-6-12-22/h1,3-4,7-10,13-14,22H,2,5-6,11-12,15-20H2. The maximum absolute atomic E-state index is 13.4. The van der Waals surface area contributed by atoms with Crippen LogP contribution in [-0.2, 0) is 13.0 Å². The molecule has 5 heteroatoms. The van der Waals surface area contributed by atoms with Crippen LogP contribution in [0.3, 0.4) is 0 Å². The number of anilines is 1. The van der Waals surface area contributed by atoms with Crippen LogP contribution < -0.4 is 10.5 Å². The van der Waals surface area contributed by atoms with Crippen molar-refractivity contribution in [1.82, 2.24) is 14.5 Å². The second-order valence-electron chi connectivity index (χ2n) is 8.94. The third-order valence-electron chi connectivity index (χ3n) is 7.00. The molecule has 2 aliphatic rings. The molecule has 2 fully saturated rings. The van der Waals surface area contributed by atoms with Gasteiger partial charge in [-0.25, -0.2) is 4.98 Å². The van der Waals surface area contributed by atoms with Gasteiger partial charge in [-0.15, -0.1) is 0 Å². The summed E-state index contributed by atoms with van der Waals surface area (Å²) in [7, 11) is 0. The molecule has 3 aromatic rings. The minimum Gasteiger partial charge on any atom is -0.340 e. The molecule has 1 aliphatic heterocycles. The van der Waals surface area contributed by atoms with Gasteiger partial charge in [0.2, 0.25) is 5.95 Å². The third kappa shape index (κ3) is 4.38. The van der Waals surface area contributed by atoms with Crippen LogP contribution in [-0.4, -0.2) is 46.7 Å². The normalized spacial score (nSPS) is 18.5. The lowest BCUT2D eigenvalue weighted by atomic mass is 9.94. The number of fused-ring (bicyclic) bond motifs is 1. The number of aromatic nitrogens is 2. The summed E-state index contributed by atoms with van der Waals surface area (Å²) in [5, 5.41) is 0.708. The van der Waals surface area contributed by atoms with Crippen LogP contribution in [0.1, 0.15) is 37.7 Å². The lowest BCUT2D eigenvalue weighted by Gasteiger charge is -2.41. The number of hydrogen-bond acceptors (Lipinski definition) is 4. The van der Waals surface area contributed by atoms with Crippen LogP contribution in [0.25, 0.3) is 10.9 Å². The number of aryl methyl sites for hydroxylation is 1. The summed E-state index contributed by atoms with van der Waals surface area (Å²) in [6.07, 6.45) is 7.65. The van der Waals surface area contributed by atoms with Gasteiger partial charge < -0.3 is 4.90 Å². The number of hydrogen-bond donors (Lipinski definition) is 0. The van der Waals surface area contributed by atoms with Crippen molar-refractivity contribution in [2.75, 3.05) is 31.1 Å². The van der Waals surface area contributed by atoms with Crippen molar-refractivity contribution in [2.24, 2.45) is 0 Å². The van der Waals surface area contributed by atoms with Gasteiger partial charge in [-0.1, -0.05) is 61.7 Å². The van der Waals surface area contributed by atoms with Gasteiger partial charge in [-0.3, -0.25) is 14.3 Å². The summed E-state index contributed by atoms with van der Waals surface area (Å²) in [5.41, 5.74) is 2.12. The van der Waals surface area contributed by atoms with Crippen molar-refractivity contribution < 1.29 is 0 Å². The lowest BCUT2D eigenvalue weighted by molar-refractivity contribution is 0.147. The molecule has 0 radical (unpaired) electrons. The zero-order chi connectivity index (χ0) is 21.0. The van der Waals surface area contributed by atoms with E-state index >= 15 is 0 Å². The number of para-hydroxylation sites is 1. The topological polar surface area (TPSA) is 41.4 Å². The average Bonchev–Trinajstić information content (AvgIpc) is 2.85. The van der Waals surface area contributed by atoms with Gasteiger partial charge in [-0.2, -0.15) is 0 Å². The Bertz CT molecular complexity index is 1060. The molecule has 0 unspecified atom stereocenters. The fourth-order valence-electron chi connectivity index (χ4n) is 5.22. The van der Waals surface area contributed by atoms with E-state index in [1.165, 1.54) is 37.7 Å². The number of nitrogens with zero attached hydrogens (tertiary/aromatic N) is 4. The first-order valence-electron chi connectivity index (χ1n) is 11.8. The highest BCUT2D eigenvalue weighted by molar-refractivity contribution is 5.78. The van der Waals surface area contributed by atoms with Crippen molar-refractivity contribution >= 4 is 16.9 Å². The molecule has 0 bridgehead atoms. The maximum atomic E-state index is 13.4. The molecule has 0 N–H and O–H groups in total. The minimum atomic E-state index is 0.0752. The molecular formula is C26H32N4O. The SMILES string of the molecule is O=c1c2ccccc2nc(N2CCN(C3CCCCC3)CC2)n1CCc1ccccc1. The second-order valence-corrected chi connectivity index (χ2v) is 8.94. The smallest absolute Gasteiger partial charge is 0.262 e. The van der Waals surface area contributed by atoms with Gasteiger partial charge in [-0.05, 0) is 37.0 Å². The summed E-state index contributed by atoms with van der Waals surface area (Å²) in [6.45, 7) is 4.65. The van der Waals surface area contributed by atoms with Crippen LogP contribution in [0.2, 0.25) is 0 Å². The van der Waals surface area contributed by atoms with Gasteiger partial charge in [0.25, 0.3) is 5.56 Å². The summed E-state index contributed by atoms with van der Waals surface area (Å²) in [6, 6.07) is 18.9. The molecule has 31 heavy (non-hydrogen) atoms. The number of piperazine rings is 1. The quantitative estimate of drug-likeness (QED) is 0.628. The second kappa shape index (κ2) is 9.23. The molecule has 0 spiro atoms. The van der Waals surface area contributed by atoms with Crippen molar-refractivity contribution in [3.05, 3.63) is 70.5 Å². The van der Waals surface area contributed by atoms with E-state index in [1.807, 2.05) is 34.9 Å². The van der Waals surface area contributed by atoms with Gasteiger partial charge in [0, 0.05) is 38.8 Å². The average molecular weight is 417 g/mol. The predicted molar refractivity (Wildman–Crippen MR) is 127 cm³/mol. The lowest BCUT2D eigenvalue weighted by Crippen LogP contribution is -2.52. The van der Waals surface area contributed by atoms with Gasteiger partial charge in [0.15, 0.2) is 0 Å². The van der Waals surface area contributed by atoms with Crippen LogP contribution in [0.4, 0.5) is 5.95 Å². The molecule has 2 aromatic carbocycles. The highest BCUT2D eigenvalue weighted by Gasteiger charge is 2.27. The Morgan fingerprint density at radius 3 is 2.32 bits per heavy atom. The monoisotopic (exact) mass is 416 g/mol. The van der Waals surface area contributed by atoms with Crippen LogP contribution in [0.5, 0.6) is 0 Å².